The highest BCUT2D eigenvalue weighted by atomic mass is 79.9. The molecular formula is C25H22BrN3O3S. The molecule has 8 heteroatoms. The first-order valence-electron chi connectivity index (χ1n) is 10.6. The molecule has 0 saturated heterocycles. The highest BCUT2D eigenvalue weighted by molar-refractivity contribution is 9.10. The molecule has 2 aromatic heterocycles. The summed E-state index contributed by atoms with van der Waals surface area (Å²) in [5.41, 5.74) is 4.23. The molecule has 2 heterocycles. The van der Waals surface area contributed by atoms with Crippen LogP contribution in [0.15, 0.2) is 40.4 Å². The average Bonchev–Trinajstić information content (AvgIpc) is 3.29. The minimum absolute atomic E-state index is 0.0258. The molecule has 0 atom stereocenters. The van der Waals surface area contributed by atoms with E-state index in [1.54, 1.807) is 30.3 Å². The van der Waals surface area contributed by atoms with Crippen molar-refractivity contribution in [2.75, 3.05) is 5.32 Å². The monoisotopic (exact) mass is 523 g/mol. The Balaban J connectivity index is 1.72. The van der Waals surface area contributed by atoms with Crippen LogP contribution in [0.2, 0.25) is 0 Å². The lowest BCUT2D eigenvalue weighted by molar-refractivity contribution is -0.112. The van der Waals surface area contributed by atoms with Crippen molar-refractivity contribution >= 4 is 50.9 Å². The molecule has 3 aromatic rings. The van der Waals surface area contributed by atoms with Crippen molar-refractivity contribution in [2.24, 2.45) is 0 Å². The predicted octanol–water partition coefficient (Wildman–Crippen LogP) is 6.04. The molecule has 168 valence electrons. The van der Waals surface area contributed by atoms with E-state index in [0.717, 1.165) is 52.0 Å². The van der Waals surface area contributed by atoms with Crippen LogP contribution in [0, 0.1) is 25.2 Å². The maximum atomic E-state index is 12.7. The molecule has 0 bridgehead atoms. The van der Waals surface area contributed by atoms with Crippen LogP contribution in [0.3, 0.4) is 0 Å². The number of hydrogen-bond donors (Lipinski definition) is 2. The fourth-order valence-corrected chi connectivity index (χ4v) is 5.97. The smallest absolute Gasteiger partial charge is 0.339 e. The number of thiophene rings is 1. The second-order valence-corrected chi connectivity index (χ2v) is 9.99. The zero-order valence-electron chi connectivity index (χ0n) is 18.2. The zero-order chi connectivity index (χ0) is 23.7. The molecule has 0 fully saturated rings. The first-order chi connectivity index (χ1) is 15.8. The fraction of sp³-hybridized carbons (Fsp3) is 0.240. The molecule has 1 aliphatic carbocycles. The van der Waals surface area contributed by atoms with Gasteiger partial charge in [-0.3, -0.25) is 4.79 Å². The van der Waals surface area contributed by atoms with Crippen molar-refractivity contribution in [3.05, 3.63) is 73.3 Å². The van der Waals surface area contributed by atoms with Crippen molar-refractivity contribution in [1.29, 1.82) is 5.26 Å². The largest absolute Gasteiger partial charge is 0.478 e. The number of nitrogens with zero attached hydrogens (tertiary/aromatic N) is 2. The number of nitriles is 1. The Bertz CT molecular complexity index is 1330. The number of benzene rings is 1. The van der Waals surface area contributed by atoms with E-state index in [0.29, 0.717) is 21.8 Å². The summed E-state index contributed by atoms with van der Waals surface area (Å²) < 4.78 is 2.82. The van der Waals surface area contributed by atoms with Gasteiger partial charge < -0.3 is 15.0 Å². The third kappa shape index (κ3) is 4.52. The van der Waals surface area contributed by atoms with Gasteiger partial charge in [-0.05, 0) is 87.1 Å². The third-order valence-corrected chi connectivity index (χ3v) is 7.61. The lowest BCUT2D eigenvalue weighted by Crippen LogP contribution is -2.13. The Kier molecular flexibility index (Phi) is 6.54. The summed E-state index contributed by atoms with van der Waals surface area (Å²) in [5.74, 6) is -1.41. The van der Waals surface area contributed by atoms with Gasteiger partial charge in [0.25, 0.3) is 5.91 Å². The van der Waals surface area contributed by atoms with Crippen LogP contribution >= 0.6 is 27.3 Å². The number of aromatic nitrogens is 1. The zero-order valence-corrected chi connectivity index (χ0v) is 20.6. The number of carboxylic acids is 1. The van der Waals surface area contributed by atoms with Crippen molar-refractivity contribution in [3.63, 3.8) is 0 Å². The number of amides is 1. The van der Waals surface area contributed by atoms with E-state index >= 15 is 0 Å². The van der Waals surface area contributed by atoms with Gasteiger partial charge in [-0.25, -0.2) is 4.79 Å². The van der Waals surface area contributed by atoms with Gasteiger partial charge in [-0.15, -0.1) is 11.3 Å². The Morgan fingerprint density at radius 2 is 1.91 bits per heavy atom. The molecule has 1 amide bonds. The molecule has 1 aliphatic rings. The molecule has 0 aliphatic heterocycles. The summed E-state index contributed by atoms with van der Waals surface area (Å²) in [6, 6.07) is 11.0. The average molecular weight is 524 g/mol. The number of anilines is 1. The second-order valence-electron chi connectivity index (χ2n) is 7.99. The molecule has 1 aromatic carbocycles. The van der Waals surface area contributed by atoms with E-state index in [2.05, 4.69) is 21.2 Å². The number of nitrogens with one attached hydrogen (secondary N) is 1. The summed E-state index contributed by atoms with van der Waals surface area (Å²) in [6.07, 6.45) is 5.32. The number of rotatable bonds is 5. The molecule has 0 radical (unpaired) electrons. The lowest BCUT2D eigenvalue weighted by Gasteiger charge is -2.11. The number of aromatic carboxylic acids is 1. The molecular weight excluding hydrogens is 502 g/mol. The molecule has 33 heavy (non-hydrogen) atoms. The Hall–Kier alpha value is -3.15. The van der Waals surface area contributed by atoms with Crippen LogP contribution < -0.4 is 5.32 Å². The number of aryl methyl sites for hydroxylation is 2. The molecule has 6 nitrogen and oxygen atoms in total. The lowest BCUT2D eigenvalue weighted by atomic mass is 9.95. The van der Waals surface area contributed by atoms with Crippen molar-refractivity contribution in [1.82, 2.24) is 4.57 Å². The molecule has 2 N–H and O–H groups in total. The maximum Gasteiger partial charge on any atom is 0.339 e. The molecule has 0 spiro atoms. The number of carbonyl (C=O) groups excluding carboxylic acids is 1. The maximum absolute atomic E-state index is 12.7. The normalized spacial score (nSPS) is 13.3. The molecule has 0 saturated carbocycles. The predicted molar refractivity (Wildman–Crippen MR) is 133 cm³/mol. The van der Waals surface area contributed by atoms with Crippen molar-refractivity contribution in [3.8, 4) is 11.1 Å². The van der Waals surface area contributed by atoms with E-state index in [-0.39, 0.29) is 5.57 Å². The van der Waals surface area contributed by atoms with Crippen LogP contribution in [0.1, 0.15) is 50.6 Å². The highest BCUT2D eigenvalue weighted by Crippen LogP contribution is 2.39. The third-order valence-electron chi connectivity index (χ3n) is 5.81. The summed E-state index contributed by atoms with van der Waals surface area (Å²) in [4.78, 5) is 26.0. The first kappa shape index (κ1) is 23.0. The second kappa shape index (κ2) is 9.38. The topological polar surface area (TPSA) is 95.1 Å². The van der Waals surface area contributed by atoms with Gasteiger partial charge in [0.1, 0.15) is 16.6 Å². The molecule has 4 rings (SSSR count). The number of hydrogen-bond acceptors (Lipinski definition) is 4. The Labute approximate surface area is 204 Å². The van der Waals surface area contributed by atoms with Crippen LogP contribution in [0.25, 0.3) is 11.1 Å². The van der Waals surface area contributed by atoms with Gasteiger partial charge in [0, 0.05) is 26.4 Å². The van der Waals surface area contributed by atoms with E-state index in [1.165, 1.54) is 11.3 Å². The van der Waals surface area contributed by atoms with Gasteiger partial charge in [-0.2, -0.15) is 5.26 Å². The quantitative estimate of drug-likeness (QED) is 0.314. The Morgan fingerprint density at radius 3 is 2.58 bits per heavy atom. The first-order valence-corrected chi connectivity index (χ1v) is 12.2. The van der Waals surface area contributed by atoms with Gasteiger partial charge in [0.2, 0.25) is 0 Å². The number of halogens is 1. The number of fused-ring (bicyclic) bond motifs is 1. The van der Waals surface area contributed by atoms with E-state index in [1.807, 2.05) is 30.6 Å². The van der Waals surface area contributed by atoms with Gasteiger partial charge in [-0.1, -0.05) is 15.9 Å². The van der Waals surface area contributed by atoms with E-state index in [4.69, 9.17) is 0 Å². The molecule has 0 unspecified atom stereocenters. The highest BCUT2D eigenvalue weighted by Gasteiger charge is 2.27. The van der Waals surface area contributed by atoms with Crippen LogP contribution in [-0.4, -0.2) is 21.6 Å². The van der Waals surface area contributed by atoms with Crippen LogP contribution in [0.5, 0.6) is 0 Å². The van der Waals surface area contributed by atoms with Gasteiger partial charge >= 0.3 is 5.97 Å². The SMILES string of the molecule is Cc1cc(/C=C(/C#N)C(=O)Nc2ccc(Br)cc2)c(C)n1-c1sc2c(c1C(=O)O)CCCC2. The van der Waals surface area contributed by atoms with E-state index < -0.39 is 11.9 Å². The number of carbonyl (C=O) groups is 2. The summed E-state index contributed by atoms with van der Waals surface area (Å²) >= 11 is 4.88. The minimum atomic E-state index is -0.916. The summed E-state index contributed by atoms with van der Waals surface area (Å²) in [7, 11) is 0. The van der Waals surface area contributed by atoms with Crippen molar-refractivity contribution < 1.29 is 14.7 Å². The minimum Gasteiger partial charge on any atom is -0.478 e. The van der Waals surface area contributed by atoms with Gasteiger partial charge in [0.05, 0.1) is 5.56 Å². The summed E-state index contributed by atoms with van der Waals surface area (Å²) in [6.45, 7) is 3.79. The fourth-order valence-electron chi connectivity index (χ4n) is 4.21. The van der Waals surface area contributed by atoms with Crippen molar-refractivity contribution in [2.45, 2.75) is 39.5 Å². The number of carboxylic acid groups (broad SMARTS) is 1. The standard InChI is InChI=1S/C25H22BrN3O3S/c1-14-11-16(12-17(13-27)23(30)28-19-9-7-18(26)8-10-19)15(2)29(14)24-22(25(31)32)20-5-3-4-6-21(20)33-24/h7-12H,3-6H2,1-2H3,(H,28,30)(H,31,32)/b17-12-. The van der Waals surface area contributed by atoms with Gasteiger partial charge in [0.15, 0.2) is 0 Å². The van der Waals surface area contributed by atoms with Crippen LogP contribution in [0.4, 0.5) is 5.69 Å². The van der Waals surface area contributed by atoms with E-state index in [9.17, 15) is 20.0 Å². The summed E-state index contributed by atoms with van der Waals surface area (Å²) in [5, 5.41) is 23.0. The van der Waals surface area contributed by atoms with Crippen LogP contribution in [-0.2, 0) is 17.6 Å². The Morgan fingerprint density at radius 1 is 1.21 bits per heavy atom.